The van der Waals surface area contributed by atoms with E-state index in [0.717, 1.165) is 31.8 Å². The molecule has 0 unspecified atom stereocenters. The number of rotatable bonds is 8. The number of amidine groups is 1. The Morgan fingerprint density at radius 2 is 1.92 bits per heavy atom. The molecule has 0 atom stereocenters. The lowest BCUT2D eigenvalue weighted by molar-refractivity contribution is 0.184. The molecule has 0 aliphatic carbocycles. The predicted octanol–water partition coefficient (Wildman–Crippen LogP) is 5.88. The highest BCUT2D eigenvalue weighted by molar-refractivity contribution is 7.09. The highest BCUT2D eigenvalue weighted by Gasteiger charge is 2.52. The first kappa shape index (κ1) is 25.4. The molecular formula is C29H33FN4O2S. The largest absolute Gasteiger partial charge is 0.491 e. The van der Waals surface area contributed by atoms with Crippen molar-refractivity contribution < 1.29 is 13.9 Å². The number of nitrogens with zero attached hydrogens (tertiary/aromatic N) is 3. The van der Waals surface area contributed by atoms with E-state index >= 15 is 0 Å². The Morgan fingerprint density at radius 1 is 1.11 bits per heavy atom. The molecule has 6 nitrogen and oxygen atoms in total. The van der Waals surface area contributed by atoms with E-state index in [2.05, 4.69) is 33.8 Å². The van der Waals surface area contributed by atoms with Crippen LogP contribution in [-0.4, -0.2) is 48.0 Å². The Hall–Kier alpha value is -3.23. The van der Waals surface area contributed by atoms with Crippen LogP contribution >= 0.6 is 11.3 Å². The minimum Gasteiger partial charge on any atom is -0.491 e. The van der Waals surface area contributed by atoms with E-state index in [1.54, 1.807) is 28.4 Å². The van der Waals surface area contributed by atoms with Gasteiger partial charge in [-0.15, -0.1) is 11.3 Å². The molecular weight excluding hydrogens is 487 g/mol. The average molecular weight is 521 g/mol. The van der Waals surface area contributed by atoms with Gasteiger partial charge in [0.1, 0.15) is 22.9 Å². The lowest BCUT2D eigenvalue weighted by Gasteiger charge is -2.43. The molecule has 2 amide bonds. The van der Waals surface area contributed by atoms with Crippen LogP contribution in [0.4, 0.5) is 14.9 Å². The number of urea groups is 1. The summed E-state index contributed by atoms with van der Waals surface area (Å²) in [6, 6.07) is 18.4. The number of carbonyl (C=O) groups excluding carboxylic acids is 1. The molecule has 8 heteroatoms. The van der Waals surface area contributed by atoms with Crippen molar-refractivity contribution in [1.82, 2.24) is 10.2 Å². The van der Waals surface area contributed by atoms with Crippen LogP contribution in [0.15, 0.2) is 71.0 Å². The molecule has 2 aromatic carbocycles. The van der Waals surface area contributed by atoms with Crippen LogP contribution in [0, 0.1) is 5.82 Å². The van der Waals surface area contributed by atoms with Gasteiger partial charge in [0, 0.05) is 43.2 Å². The van der Waals surface area contributed by atoms with Crippen LogP contribution in [0.25, 0.3) is 0 Å². The van der Waals surface area contributed by atoms with Crippen LogP contribution in [0.3, 0.4) is 0 Å². The summed E-state index contributed by atoms with van der Waals surface area (Å²) in [4.78, 5) is 23.5. The molecule has 3 heterocycles. The van der Waals surface area contributed by atoms with Gasteiger partial charge in [0.05, 0.1) is 6.10 Å². The van der Waals surface area contributed by atoms with Crippen molar-refractivity contribution >= 4 is 28.9 Å². The van der Waals surface area contributed by atoms with E-state index in [1.165, 1.54) is 22.6 Å². The fourth-order valence-electron chi connectivity index (χ4n) is 5.26. The number of thiophene rings is 1. The third-order valence-electron chi connectivity index (χ3n) is 6.93. The zero-order chi connectivity index (χ0) is 25.8. The van der Waals surface area contributed by atoms with Crippen molar-refractivity contribution in [2.45, 2.75) is 51.3 Å². The van der Waals surface area contributed by atoms with Crippen LogP contribution in [0.1, 0.15) is 37.1 Å². The Balaban J connectivity index is 1.36. The number of piperidine rings is 1. The molecule has 0 bridgehead atoms. The van der Waals surface area contributed by atoms with Crippen LogP contribution < -0.4 is 15.0 Å². The number of nitrogens with one attached hydrogen (secondary N) is 1. The Morgan fingerprint density at radius 3 is 2.65 bits per heavy atom. The van der Waals surface area contributed by atoms with Crippen molar-refractivity contribution in [2.24, 2.45) is 4.99 Å². The van der Waals surface area contributed by atoms with E-state index in [9.17, 15) is 9.18 Å². The highest BCUT2D eigenvalue weighted by Crippen LogP contribution is 2.38. The number of halogens is 1. The first-order chi connectivity index (χ1) is 17.9. The number of aliphatic imine (C=N–C) groups is 1. The van der Waals surface area contributed by atoms with Gasteiger partial charge in [0.15, 0.2) is 0 Å². The third-order valence-corrected chi connectivity index (χ3v) is 7.87. The SMILES string of the molecule is CC(C)Oc1cccc(CN2CCC3(CC2)C(=NCCc2cccs2)NC(=O)N3c2cccc(F)c2)c1. The summed E-state index contributed by atoms with van der Waals surface area (Å²) in [5, 5.41) is 5.10. The minimum absolute atomic E-state index is 0.129. The maximum atomic E-state index is 14.2. The normalized spacial score (nSPS) is 18.6. The van der Waals surface area contributed by atoms with Crippen LogP contribution in [0.5, 0.6) is 5.75 Å². The Labute approximate surface area is 221 Å². The molecule has 2 aliphatic heterocycles. The van der Waals surface area contributed by atoms with Crippen LogP contribution in [-0.2, 0) is 13.0 Å². The van der Waals surface area contributed by atoms with E-state index in [1.807, 2.05) is 32.0 Å². The van der Waals surface area contributed by atoms with Crippen molar-refractivity contribution in [3.05, 3.63) is 82.3 Å². The van der Waals surface area contributed by atoms with Gasteiger partial charge in [-0.2, -0.15) is 0 Å². The number of benzene rings is 2. The number of amides is 2. The van der Waals surface area contributed by atoms with Gasteiger partial charge < -0.3 is 4.74 Å². The fraction of sp³-hybridized carbons (Fsp3) is 0.379. The van der Waals surface area contributed by atoms with Gasteiger partial charge in [-0.1, -0.05) is 24.3 Å². The lowest BCUT2D eigenvalue weighted by Crippen LogP contribution is -2.56. The first-order valence-corrected chi connectivity index (χ1v) is 13.7. The molecule has 0 saturated carbocycles. The number of likely N-dealkylation sites (tertiary alicyclic amines) is 1. The molecule has 5 rings (SSSR count). The summed E-state index contributed by atoms with van der Waals surface area (Å²) in [5.74, 6) is 1.22. The van der Waals surface area contributed by atoms with Gasteiger partial charge >= 0.3 is 6.03 Å². The standard InChI is InChI=1S/C29H33FN4O2S/c1-21(2)36-25-9-3-6-22(18-25)20-33-15-12-29(13-16-33)27(31-14-11-26-10-5-17-37-26)32-28(35)34(29)24-8-4-7-23(30)19-24/h3-10,17-19,21H,11-16,20H2,1-2H3,(H,31,32,35). The van der Waals surface area contributed by atoms with Gasteiger partial charge in [-0.3, -0.25) is 20.1 Å². The summed E-state index contributed by atoms with van der Waals surface area (Å²) >= 11 is 1.71. The summed E-state index contributed by atoms with van der Waals surface area (Å²) in [6.45, 7) is 7.04. The van der Waals surface area contributed by atoms with E-state index in [0.29, 0.717) is 30.9 Å². The molecule has 1 N–H and O–H groups in total. The van der Waals surface area contributed by atoms with E-state index < -0.39 is 5.54 Å². The summed E-state index contributed by atoms with van der Waals surface area (Å²) in [7, 11) is 0. The summed E-state index contributed by atoms with van der Waals surface area (Å²) in [5.41, 5.74) is 1.15. The van der Waals surface area contributed by atoms with Gasteiger partial charge in [0.25, 0.3) is 0 Å². The Kier molecular flexibility index (Phi) is 7.58. The maximum Gasteiger partial charge on any atom is 0.328 e. The maximum absolute atomic E-state index is 14.2. The van der Waals surface area contributed by atoms with Gasteiger partial charge in [-0.05, 0) is 74.0 Å². The highest BCUT2D eigenvalue weighted by atomic mass is 32.1. The molecule has 2 aliphatic rings. The van der Waals surface area contributed by atoms with E-state index in [-0.39, 0.29) is 18.0 Å². The number of carbonyl (C=O) groups is 1. The fourth-order valence-corrected chi connectivity index (χ4v) is 5.96. The van der Waals surface area contributed by atoms with Crippen molar-refractivity contribution in [1.29, 1.82) is 0 Å². The molecule has 194 valence electrons. The van der Waals surface area contributed by atoms with Gasteiger partial charge in [-0.25, -0.2) is 9.18 Å². The van der Waals surface area contributed by atoms with Crippen molar-refractivity contribution in [3.63, 3.8) is 0 Å². The lowest BCUT2D eigenvalue weighted by atomic mass is 9.85. The molecule has 1 spiro atoms. The topological polar surface area (TPSA) is 57.2 Å². The second-order valence-electron chi connectivity index (χ2n) is 9.93. The zero-order valence-corrected chi connectivity index (χ0v) is 22.1. The predicted molar refractivity (Wildman–Crippen MR) is 147 cm³/mol. The third kappa shape index (κ3) is 5.70. The molecule has 0 radical (unpaired) electrons. The smallest absolute Gasteiger partial charge is 0.328 e. The quantitative estimate of drug-likeness (QED) is 0.404. The molecule has 1 aromatic heterocycles. The minimum atomic E-state index is -0.612. The molecule has 2 fully saturated rings. The Bertz CT molecular complexity index is 1250. The molecule has 3 aromatic rings. The number of anilines is 1. The van der Waals surface area contributed by atoms with E-state index in [4.69, 9.17) is 9.73 Å². The molecule has 2 saturated heterocycles. The van der Waals surface area contributed by atoms with Crippen LogP contribution in [0.2, 0.25) is 0 Å². The zero-order valence-electron chi connectivity index (χ0n) is 21.3. The summed E-state index contributed by atoms with van der Waals surface area (Å²) in [6.07, 6.45) is 2.38. The molecule has 37 heavy (non-hydrogen) atoms. The number of hydrogen-bond donors (Lipinski definition) is 1. The average Bonchev–Trinajstić information content (AvgIpc) is 3.47. The second-order valence-corrected chi connectivity index (χ2v) is 11.0. The van der Waals surface area contributed by atoms with Gasteiger partial charge in [0.2, 0.25) is 0 Å². The number of hydrogen-bond acceptors (Lipinski definition) is 5. The summed E-state index contributed by atoms with van der Waals surface area (Å²) < 4.78 is 20.0. The van der Waals surface area contributed by atoms with Crippen molar-refractivity contribution in [3.8, 4) is 5.75 Å². The second kappa shape index (κ2) is 11.0. The van der Waals surface area contributed by atoms with Crippen molar-refractivity contribution in [2.75, 3.05) is 24.5 Å². The first-order valence-electron chi connectivity index (χ1n) is 12.8. The number of ether oxygens (including phenoxy) is 1. The monoisotopic (exact) mass is 520 g/mol.